The molecule has 32 heavy (non-hydrogen) atoms. The summed E-state index contributed by atoms with van der Waals surface area (Å²) < 4.78 is 0. The van der Waals surface area contributed by atoms with Crippen LogP contribution in [0.25, 0.3) is 0 Å². The number of aromatic nitrogens is 1. The van der Waals surface area contributed by atoms with Crippen LogP contribution in [0, 0.1) is 0 Å². The van der Waals surface area contributed by atoms with Gasteiger partial charge in [0.1, 0.15) is 6.04 Å². The van der Waals surface area contributed by atoms with Crippen LogP contribution in [0.1, 0.15) is 54.1 Å². The van der Waals surface area contributed by atoms with Crippen molar-refractivity contribution in [1.29, 1.82) is 0 Å². The molecule has 2 amide bonds. The van der Waals surface area contributed by atoms with Crippen molar-refractivity contribution >= 4 is 23.2 Å². The van der Waals surface area contributed by atoms with E-state index < -0.39 is 6.04 Å². The van der Waals surface area contributed by atoms with Gasteiger partial charge < -0.3 is 10.2 Å². The predicted molar refractivity (Wildman–Crippen MR) is 127 cm³/mol. The quantitative estimate of drug-likeness (QED) is 0.534. The van der Waals surface area contributed by atoms with Gasteiger partial charge in [-0.25, -0.2) is 0 Å². The highest BCUT2D eigenvalue weighted by Crippen LogP contribution is 2.26. The van der Waals surface area contributed by atoms with E-state index in [4.69, 9.17) is 0 Å². The first-order chi connectivity index (χ1) is 15.7. The lowest BCUT2D eigenvalue weighted by molar-refractivity contribution is -0.141. The Hall–Kier alpha value is -2.99. The van der Waals surface area contributed by atoms with Gasteiger partial charge >= 0.3 is 0 Å². The van der Waals surface area contributed by atoms with Gasteiger partial charge in [0, 0.05) is 29.9 Å². The number of hydrogen-bond donors (Lipinski definition) is 1. The highest BCUT2D eigenvalue weighted by molar-refractivity contribution is 7.10. The van der Waals surface area contributed by atoms with Crippen molar-refractivity contribution in [1.82, 2.24) is 15.2 Å². The summed E-state index contributed by atoms with van der Waals surface area (Å²) in [6.07, 6.45) is 9.13. The van der Waals surface area contributed by atoms with E-state index in [1.54, 1.807) is 28.6 Å². The summed E-state index contributed by atoms with van der Waals surface area (Å²) in [6, 6.07) is 16.9. The fourth-order valence-electron chi connectivity index (χ4n) is 4.31. The molecule has 1 fully saturated rings. The third-order valence-electron chi connectivity index (χ3n) is 5.96. The molecular weight excluding hydrogens is 418 g/mol. The lowest BCUT2D eigenvalue weighted by Gasteiger charge is -2.33. The Labute approximate surface area is 193 Å². The lowest BCUT2D eigenvalue weighted by atomic mass is 9.94. The largest absolute Gasteiger partial charge is 0.351 e. The van der Waals surface area contributed by atoms with E-state index in [0.717, 1.165) is 41.7 Å². The maximum absolute atomic E-state index is 13.6. The van der Waals surface area contributed by atoms with Crippen LogP contribution in [0.3, 0.4) is 0 Å². The van der Waals surface area contributed by atoms with Crippen molar-refractivity contribution in [3.05, 3.63) is 88.4 Å². The number of carbonyl (C=O) groups is 2. The van der Waals surface area contributed by atoms with Gasteiger partial charge in [0.05, 0.1) is 6.42 Å². The monoisotopic (exact) mass is 447 g/mol. The average molecular weight is 448 g/mol. The molecule has 5 nitrogen and oxygen atoms in total. The van der Waals surface area contributed by atoms with Gasteiger partial charge in [-0.05, 0) is 47.5 Å². The molecule has 0 aliphatic heterocycles. The van der Waals surface area contributed by atoms with Gasteiger partial charge in [-0.2, -0.15) is 0 Å². The molecule has 1 N–H and O–H groups in total. The molecule has 0 saturated heterocycles. The molecule has 4 rings (SSSR count). The Morgan fingerprint density at radius 1 is 1.00 bits per heavy atom. The number of carbonyl (C=O) groups excluding carboxylic acids is 2. The second kappa shape index (κ2) is 11.0. The summed E-state index contributed by atoms with van der Waals surface area (Å²) in [5.74, 6) is -0.171. The third-order valence-corrected chi connectivity index (χ3v) is 6.83. The zero-order valence-corrected chi connectivity index (χ0v) is 19.0. The minimum Gasteiger partial charge on any atom is -0.351 e. The van der Waals surface area contributed by atoms with Gasteiger partial charge in [-0.1, -0.05) is 55.7 Å². The molecule has 166 valence electrons. The second-order valence-electron chi connectivity index (χ2n) is 8.29. The maximum Gasteiger partial charge on any atom is 0.247 e. The van der Waals surface area contributed by atoms with E-state index in [1.807, 2.05) is 60.0 Å². The molecule has 1 aromatic carbocycles. The molecule has 1 saturated carbocycles. The molecule has 2 heterocycles. The summed E-state index contributed by atoms with van der Waals surface area (Å²) in [7, 11) is 0. The van der Waals surface area contributed by atoms with Crippen LogP contribution in [-0.2, 0) is 22.6 Å². The van der Waals surface area contributed by atoms with Crippen molar-refractivity contribution in [3.63, 3.8) is 0 Å². The fourth-order valence-corrected chi connectivity index (χ4v) is 5.01. The SMILES string of the molecule is O=C(NC1CCCCC1)[C@@H](c1ccncc1)N(Cc1ccccc1)C(=O)Cc1cccs1. The average Bonchev–Trinajstić information content (AvgIpc) is 3.34. The second-order valence-corrected chi connectivity index (χ2v) is 9.32. The lowest BCUT2D eigenvalue weighted by Crippen LogP contribution is -2.47. The fraction of sp³-hybridized carbons (Fsp3) is 0.346. The highest BCUT2D eigenvalue weighted by Gasteiger charge is 2.33. The minimum absolute atomic E-state index is 0.0584. The normalized spacial score (nSPS) is 15.1. The Morgan fingerprint density at radius 2 is 1.75 bits per heavy atom. The number of hydrogen-bond acceptors (Lipinski definition) is 4. The van der Waals surface area contributed by atoms with E-state index in [0.29, 0.717) is 6.54 Å². The van der Waals surface area contributed by atoms with Crippen LogP contribution in [0.5, 0.6) is 0 Å². The summed E-state index contributed by atoms with van der Waals surface area (Å²) in [6.45, 7) is 0.371. The van der Waals surface area contributed by atoms with Gasteiger partial charge in [-0.3, -0.25) is 14.6 Å². The first-order valence-electron chi connectivity index (χ1n) is 11.3. The Morgan fingerprint density at radius 3 is 2.44 bits per heavy atom. The molecule has 2 aromatic heterocycles. The predicted octanol–water partition coefficient (Wildman–Crippen LogP) is 4.90. The van der Waals surface area contributed by atoms with Crippen LogP contribution in [-0.4, -0.2) is 27.7 Å². The number of rotatable bonds is 8. The number of thiophene rings is 1. The summed E-state index contributed by atoms with van der Waals surface area (Å²) in [5, 5.41) is 5.22. The zero-order valence-electron chi connectivity index (χ0n) is 18.2. The van der Waals surface area contributed by atoms with Gasteiger partial charge in [0.15, 0.2) is 0 Å². The molecule has 0 radical (unpaired) electrons. The summed E-state index contributed by atoms with van der Waals surface area (Å²) >= 11 is 1.56. The van der Waals surface area contributed by atoms with Gasteiger partial charge in [0.25, 0.3) is 0 Å². The van der Waals surface area contributed by atoms with Crippen LogP contribution in [0.4, 0.5) is 0 Å². The molecule has 1 aliphatic carbocycles. The summed E-state index contributed by atoms with van der Waals surface area (Å²) in [5.41, 5.74) is 1.78. The number of nitrogens with zero attached hydrogens (tertiary/aromatic N) is 2. The topological polar surface area (TPSA) is 62.3 Å². The molecule has 1 aliphatic rings. The van der Waals surface area contributed by atoms with Crippen LogP contribution >= 0.6 is 11.3 Å². The van der Waals surface area contributed by atoms with Gasteiger partial charge in [-0.15, -0.1) is 11.3 Å². The first kappa shape index (κ1) is 22.2. The Kier molecular flexibility index (Phi) is 7.67. The smallest absolute Gasteiger partial charge is 0.247 e. The van der Waals surface area contributed by atoms with E-state index >= 15 is 0 Å². The van der Waals surface area contributed by atoms with Crippen molar-refractivity contribution < 1.29 is 9.59 Å². The van der Waals surface area contributed by atoms with Crippen LogP contribution in [0.2, 0.25) is 0 Å². The van der Waals surface area contributed by atoms with Crippen LogP contribution < -0.4 is 5.32 Å². The highest BCUT2D eigenvalue weighted by atomic mass is 32.1. The Balaban J connectivity index is 1.65. The van der Waals surface area contributed by atoms with Crippen molar-refractivity contribution in [3.8, 4) is 0 Å². The summed E-state index contributed by atoms with van der Waals surface area (Å²) in [4.78, 5) is 34.0. The molecule has 1 atom stereocenters. The molecule has 3 aromatic rings. The third kappa shape index (κ3) is 5.82. The molecule has 0 spiro atoms. The molecule has 6 heteroatoms. The number of benzene rings is 1. The number of nitrogens with one attached hydrogen (secondary N) is 1. The first-order valence-corrected chi connectivity index (χ1v) is 12.1. The zero-order chi connectivity index (χ0) is 22.2. The maximum atomic E-state index is 13.6. The van der Waals surface area contributed by atoms with Crippen LogP contribution in [0.15, 0.2) is 72.4 Å². The van der Waals surface area contributed by atoms with E-state index in [2.05, 4.69) is 10.3 Å². The molecule has 0 unspecified atom stereocenters. The standard InChI is InChI=1S/C26H29N3O2S/c30-24(18-23-12-7-17-32-23)29(19-20-8-3-1-4-9-20)25(21-13-15-27-16-14-21)26(31)28-22-10-5-2-6-11-22/h1,3-4,7-9,12-17,22,25H,2,5-6,10-11,18-19H2,(H,28,31)/t25-/m1/s1. The van der Waals surface area contributed by atoms with Crippen molar-refractivity contribution in [2.24, 2.45) is 0 Å². The Bertz CT molecular complexity index is 986. The minimum atomic E-state index is -0.701. The van der Waals surface area contributed by atoms with E-state index in [-0.39, 0.29) is 24.3 Å². The van der Waals surface area contributed by atoms with Gasteiger partial charge in [0.2, 0.25) is 11.8 Å². The molecular formula is C26H29N3O2S. The number of pyridine rings is 1. The van der Waals surface area contributed by atoms with E-state index in [9.17, 15) is 9.59 Å². The van der Waals surface area contributed by atoms with Crippen molar-refractivity contribution in [2.75, 3.05) is 0 Å². The number of amides is 2. The molecule has 0 bridgehead atoms. The van der Waals surface area contributed by atoms with E-state index in [1.165, 1.54) is 6.42 Å². The van der Waals surface area contributed by atoms with Crippen molar-refractivity contribution in [2.45, 2.75) is 57.2 Å².